The molecule has 0 aliphatic carbocycles. The Morgan fingerprint density at radius 1 is 1.11 bits per heavy atom. The molecular formula is C27H33BrN2O5Si. The van der Waals surface area contributed by atoms with Gasteiger partial charge in [-0.05, 0) is 22.3 Å². The van der Waals surface area contributed by atoms with Gasteiger partial charge in [0.15, 0.2) is 0 Å². The van der Waals surface area contributed by atoms with Crippen LogP contribution in [0.3, 0.4) is 0 Å². The quantitative estimate of drug-likeness (QED) is 0.335. The Hall–Kier alpha value is -2.30. The van der Waals surface area contributed by atoms with Crippen LogP contribution >= 0.6 is 15.9 Å². The molecule has 4 atom stereocenters. The van der Waals surface area contributed by atoms with Crippen molar-refractivity contribution in [3.63, 3.8) is 0 Å². The molecule has 0 amide bonds. The van der Waals surface area contributed by atoms with Crippen LogP contribution in [0.1, 0.15) is 39.0 Å². The molecule has 1 fully saturated rings. The van der Waals surface area contributed by atoms with Crippen molar-refractivity contribution in [1.29, 1.82) is 0 Å². The Bertz CT molecular complexity index is 1250. The summed E-state index contributed by atoms with van der Waals surface area (Å²) < 4.78 is 15.1. The number of hydrogen-bond donors (Lipinski definition) is 2. The maximum absolute atomic E-state index is 12.7. The van der Waals surface area contributed by atoms with Crippen LogP contribution in [0.4, 0.5) is 0 Å². The normalized spacial score (nSPS) is 21.4. The number of aliphatic hydroxyl groups is 1. The van der Waals surface area contributed by atoms with E-state index < -0.39 is 42.8 Å². The van der Waals surface area contributed by atoms with Crippen molar-refractivity contribution in [2.75, 3.05) is 6.61 Å². The summed E-state index contributed by atoms with van der Waals surface area (Å²) in [4.78, 5) is 26.5. The third-order valence-corrected chi connectivity index (χ3v) is 12.7. The minimum Gasteiger partial charge on any atom is -0.402 e. The fraction of sp³-hybridized carbons (Fsp3) is 0.407. The first-order valence-corrected chi connectivity index (χ1v) is 14.9. The van der Waals surface area contributed by atoms with Gasteiger partial charge >= 0.3 is 5.69 Å². The van der Waals surface area contributed by atoms with Gasteiger partial charge in [-0.1, -0.05) is 97.4 Å². The average Bonchev–Trinajstić information content (AvgIpc) is 3.28. The number of nitrogens with zero attached hydrogens (tertiary/aromatic N) is 1. The van der Waals surface area contributed by atoms with Gasteiger partial charge in [0.2, 0.25) is 0 Å². The lowest BCUT2D eigenvalue weighted by molar-refractivity contribution is -0.0235. The third-order valence-electron chi connectivity index (χ3n) is 6.85. The van der Waals surface area contributed by atoms with Gasteiger partial charge in [0, 0.05) is 18.2 Å². The van der Waals surface area contributed by atoms with Crippen LogP contribution in [0.25, 0.3) is 0 Å². The molecule has 2 N–H and O–H groups in total. The summed E-state index contributed by atoms with van der Waals surface area (Å²) in [6.45, 7) is 8.11. The Morgan fingerprint density at radius 3 is 2.17 bits per heavy atom. The van der Waals surface area contributed by atoms with Gasteiger partial charge in [0.05, 0.1) is 23.6 Å². The highest BCUT2D eigenvalue weighted by Crippen LogP contribution is 2.42. The van der Waals surface area contributed by atoms with Gasteiger partial charge in [-0.15, -0.1) is 0 Å². The van der Waals surface area contributed by atoms with E-state index in [1.165, 1.54) is 10.8 Å². The summed E-state index contributed by atoms with van der Waals surface area (Å²) in [5, 5.41) is 12.0. The number of ether oxygens (including phenoxy) is 1. The number of aryl methyl sites for hydroxylation is 1. The molecule has 2 heterocycles. The van der Waals surface area contributed by atoms with Crippen LogP contribution in [-0.4, -0.2) is 46.6 Å². The van der Waals surface area contributed by atoms with Gasteiger partial charge in [-0.25, -0.2) is 4.79 Å². The molecule has 1 aliphatic heterocycles. The van der Waals surface area contributed by atoms with Crippen molar-refractivity contribution >= 4 is 34.6 Å². The van der Waals surface area contributed by atoms with Gasteiger partial charge in [0.1, 0.15) is 6.23 Å². The molecule has 0 spiro atoms. The second-order valence-corrected chi connectivity index (χ2v) is 15.7. The molecule has 1 saturated heterocycles. The Labute approximate surface area is 220 Å². The number of halogens is 1. The van der Waals surface area contributed by atoms with Crippen LogP contribution in [0.15, 0.2) is 76.4 Å². The van der Waals surface area contributed by atoms with Gasteiger partial charge in [-0.3, -0.25) is 14.3 Å². The molecule has 0 saturated carbocycles. The predicted molar refractivity (Wildman–Crippen MR) is 147 cm³/mol. The molecule has 0 bridgehead atoms. The molecular weight excluding hydrogens is 540 g/mol. The van der Waals surface area contributed by atoms with Crippen LogP contribution < -0.4 is 21.6 Å². The highest BCUT2D eigenvalue weighted by atomic mass is 79.9. The largest absolute Gasteiger partial charge is 0.402 e. The molecule has 0 unspecified atom stereocenters. The van der Waals surface area contributed by atoms with Crippen molar-refractivity contribution in [3.05, 3.63) is 93.3 Å². The molecule has 7 nitrogen and oxygen atoms in total. The molecule has 1 aliphatic rings. The monoisotopic (exact) mass is 572 g/mol. The molecule has 0 radical (unpaired) electrons. The van der Waals surface area contributed by atoms with Crippen molar-refractivity contribution in [3.8, 4) is 0 Å². The minimum absolute atomic E-state index is 0.155. The first-order valence-electron chi connectivity index (χ1n) is 12.1. The number of rotatable bonds is 7. The summed E-state index contributed by atoms with van der Waals surface area (Å²) in [6, 6.07) is 20.6. The van der Waals surface area contributed by atoms with E-state index in [9.17, 15) is 14.7 Å². The fourth-order valence-electron chi connectivity index (χ4n) is 5.09. The summed E-state index contributed by atoms with van der Waals surface area (Å²) in [5.74, 6) is 0. The van der Waals surface area contributed by atoms with E-state index in [1.54, 1.807) is 6.92 Å². The Kier molecular flexibility index (Phi) is 7.87. The van der Waals surface area contributed by atoms with Gasteiger partial charge < -0.3 is 14.3 Å². The van der Waals surface area contributed by atoms with Crippen LogP contribution in [0, 0.1) is 6.92 Å². The summed E-state index contributed by atoms with van der Waals surface area (Å²) in [6.07, 6.45) is 0.337. The lowest BCUT2D eigenvalue weighted by atomic mass is 10.1. The second kappa shape index (κ2) is 10.6. The fourth-order valence-corrected chi connectivity index (χ4v) is 10.3. The highest BCUT2D eigenvalue weighted by Gasteiger charge is 2.54. The number of aromatic amines is 1. The third kappa shape index (κ3) is 4.95. The number of alkyl halides is 1. The topological polar surface area (TPSA) is 93.6 Å². The lowest BCUT2D eigenvalue weighted by Crippen LogP contribution is -2.68. The van der Waals surface area contributed by atoms with E-state index in [2.05, 4.69) is 66.0 Å². The Morgan fingerprint density at radius 2 is 1.67 bits per heavy atom. The van der Waals surface area contributed by atoms with Crippen molar-refractivity contribution in [1.82, 2.24) is 9.55 Å². The smallest absolute Gasteiger partial charge is 0.330 e. The van der Waals surface area contributed by atoms with Crippen molar-refractivity contribution in [2.45, 2.75) is 62.4 Å². The first-order chi connectivity index (χ1) is 17.1. The zero-order valence-corrected chi connectivity index (χ0v) is 23.6. The first kappa shape index (κ1) is 26.8. The number of H-pyrrole nitrogens is 1. The molecule has 3 aromatic rings. The molecule has 4 rings (SSSR count). The molecule has 36 heavy (non-hydrogen) atoms. The number of hydrogen-bond acceptors (Lipinski definition) is 5. The molecule has 9 heteroatoms. The minimum atomic E-state index is -2.91. The standard InChI is InChI=1S/C27H33BrN2O5Si/c1-18-16-30(26(33)29-25(18)32)23-15-22(24(34-23)21(28)17-31)35-36(27(2,3)4,19-11-7-5-8-12-19)20-13-9-6-10-14-20/h5-14,16,21-24,31H,15,17H2,1-4H3,(H,29,32,33)/t21-,22-,23+,24+/m0/s1. The second-order valence-electron chi connectivity index (χ2n) is 10.3. The molecule has 2 aromatic carbocycles. The molecule has 192 valence electrons. The SMILES string of the molecule is Cc1cn([C@H]2C[C@H](O[Si](c3ccccc3)(c3ccccc3)C(C)(C)C)[C@@H]([C@@H](Br)CO)O2)c(=O)[nH]c1=O. The number of aromatic nitrogens is 2. The maximum atomic E-state index is 12.7. The maximum Gasteiger partial charge on any atom is 0.330 e. The van der Waals surface area contributed by atoms with Crippen LogP contribution in [0.5, 0.6) is 0 Å². The Balaban J connectivity index is 1.83. The van der Waals surface area contributed by atoms with Crippen LogP contribution in [-0.2, 0) is 9.16 Å². The average molecular weight is 574 g/mol. The van der Waals surface area contributed by atoms with E-state index in [4.69, 9.17) is 9.16 Å². The summed E-state index contributed by atoms with van der Waals surface area (Å²) in [5.41, 5.74) is -0.529. The van der Waals surface area contributed by atoms with Gasteiger partial charge in [-0.2, -0.15) is 0 Å². The van der Waals surface area contributed by atoms with Crippen molar-refractivity contribution < 1.29 is 14.3 Å². The zero-order chi connectivity index (χ0) is 26.1. The zero-order valence-electron chi connectivity index (χ0n) is 21.0. The van der Waals surface area contributed by atoms with E-state index >= 15 is 0 Å². The summed E-state index contributed by atoms with van der Waals surface area (Å²) in [7, 11) is -2.91. The molecule has 1 aromatic heterocycles. The van der Waals surface area contributed by atoms with E-state index in [-0.39, 0.29) is 11.6 Å². The van der Waals surface area contributed by atoms with Crippen molar-refractivity contribution in [2.24, 2.45) is 0 Å². The van der Waals surface area contributed by atoms with E-state index in [1.807, 2.05) is 36.4 Å². The number of aliphatic hydroxyl groups excluding tert-OH is 1. The van der Waals surface area contributed by atoms with Gasteiger partial charge in [0.25, 0.3) is 13.9 Å². The number of nitrogens with one attached hydrogen (secondary N) is 1. The summed E-state index contributed by atoms with van der Waals surface area (Å²) >= 11 is 3.57. The van der Waals surface area contributed by atoms with E-state index in [0.717, 1.165) is 10.4 Å². The highest BCUT2D eigenvalue weighted by molar-refractivity contribution is 9.09. The number of benzene rings is 2. The van der Waals surface area contributed by atoms with E-state index in [0.29, 0.717) is 12.0 Å². The lowest BCUT2D eigenvalue weighted by Gasteiger charge is -2.45. The van der Waals surface area contributed by atoms with Crippen LogP contribution in [0.2, 0.25) is 5.04 Å². The predicted octanol–water partition coefficient (Wildman–Crippen LogP) is 2.83.